The first-order valence-electron chi connectivity index (χ1n) is 9.41. The van der Waals surface area contributed by atoms with Gasteiger partial charge in [-0.2, -0.15) is 0 Å². The number of anilines is 1. The second-order valence-electron chi connectivity index (χ2n) is 7.10. The number of ether oxygens (including phenoxy) is 1. The molecule has 0 saturated carbocycles. The van der Waals surface area contributed by atoms with Gasteiger partial charge in [0.25, 0.3) is 0 Å². The average molecular weight is 344 g/mol. The third-order valence-electron chi connectivity index (χ3n) is 5.28. The molecule has 136 valence electrons. The number of rotatable bonds is 5. The summed E-state index contributed by atoms with van der Waals surface area (Å²) < 4.78 is 5.61. The summed E-state index contributed by atoms with van der Waals surface area (Å²) in [6.07, 6.45) is 3.26. The molecule has 2 unspecified atom stereocenters. The van der Waals surface area contributed by atoms with Gasteiger partial charge in [-0.05, 0) is 31.4 Å². The summed E-state index contributed by atoms with van der Waals surface area (Å²) in [4.78, 5) is 28.4. The zero-order valence-electron chi connectivity index (χ0n) is 15.0. The number of nitrogens with zero attached hydrogens (tertiary/aromatic N) is 2. The monoisotopic (exact) mass is 344 g/mol. The van der Waals surface area contributed by atoms with Crippen molar-refractivity contribution in [3.8, 4) is 0 Å². The molecule has 3 rings (SSSR count). The van der Waals surface area contributed by atoms with E-state index in [1.165, 1.54) is 5.69 Å². The van der Waals surface area contributed by atoms with Crippen molar-refractivity contribution < 1.29 is 14.3 Å². The highest BCUT2D eigenvalue weighted by Crippen LogP contribution is 2.24. The molecule has 1 amide bonds. The summed E-state index contributed by atoms with van der Waals surface area (Å²) in [6.45, 7) is 5.58. The van der Waals surface area contributed by atoms with E-state index in [9.17, 15) is 9.59 Å². The van der Waals surface area contributed by atoms with Crippen LogP contribution in [-0.2, 0) is 14.3 Å². The van der Waals surface area contributed by atoms with Crippen LogP contribution in [0.25, 0.3) is 0 Å². The molecule has 1 aromatic rings. The van der Waals surface area contributed by atoms with Crippen molar-refractivity contribution in [2.45, 2.75) is 32.6 Å². The van der Waals surface area contributed by atoms with Gasteiger partial charge in [-0.25, -0.2) is 0 Å². The van der Waals surface area contributed by atoms with Crippen molar-refractivity contribution in [1.29, 1.82) is 0 Å². The second kappa shape index (κ2) is 8.37. The van der Waals surface area contributed by atoms with Gasteiger partial charge in [-0.15, -0.1) is 0 Å². The standard InChI is InChI=1S/C20H28N2O3/c1-2-19(23)22-11-6-7-17(14-22)20(24)25-15-16-10-12-21(13-16)18-8-4-3-5-9-18/h3-5,8-9,16-17H,2,6-7,10-15H2,1H3. The number of amides is 1. The lowest BCUT2D eigenvalue weighted by molar-refractivity contribution is -0.152. The van der Waals surface area contributed by atoms with Crippen LogP contribution in [0.15, 0.2) is 30.3 Å². The van der Waals surface area contributed by atoms with E-state index in [4.69, 9.17) is 4.74 Å². The van der Waals surface area contributed by atoms with Gasteiger partial charge in [0.1, 0.15) is 0 Å². The maximum atomic E-state index is 12.4. The maximum Gasteiger partial charge on any atom is 0.310 e. The van der Waals surface area contributed by atoms with Crippen molar-refractivity contribution >= 4 is 17.6 Å². The zero-order chi connectivity index (χ0) is 17.6. The number of hydrogen-bond donors (Lipinski definition) is 0. The molecule has 2 saturated heterocycles. The summed E-state index contributed by atoms with van der Waals surface area (Å²) >= 11 is 0. The third-order valence-corrected chi connectivity index (χ3v) is 5.28. The Bertz CT molecular complexity index is 590. The van der Waals surface area contributed by atoms with Crippen LogP contribution in [0.3, 0.4) is 0 Å². The predicted molar refractivity (Wildman–Crippen MR) is 97.3 cm³/mol. The topological polar surface area (TPSA) is 49.9 Å². The molecule has 25 heavy (non-hydrogen) atoms. The molecule has 0 spiro atoms. The van der Waals surface area contributed by atoms with Gasteiger partial charge in [-0.1, -0.05) is 25.1 Å². The van der Waals surface area contributed by atoms with E-state index in [0.717, 1.165) is 38.9 Å². The van der Waals surface area contributed by atoms with E-state index in [1.807, 2.05) is 17.9 Å². The first kappa shape index (κ1) is 17.8. The number of carbonyl (C=O) groups excluding carboxylic acids is 2. The van der Waals surface area contributed by atoms with Crippen LogP contribution in [-0.4, -0.2) is 49.6 Å². The van der Waals surface area contributed by atoms with E-state index >= 15 is 0 Å². The van der Waals surface area contributed by atoms with E-state index in [1.54, 1.807) is 0 Å². The van der Waals surface area contributed by atoms with Crippen LogP contribution < -0.4 is 4.90 Å². The van der Waals surface area contributed by atoms with Crippen LogP contribution in [0.1, 0.15) is 32.6 Å². The Balaban J connectivity index is 1.44. The number of likely N-dealkylation sites (tertiary alicyclic amines) is 1. The molecule has 2 aliphatic heterocycles. The molecule has 2 aliphatic rings. The Labute approximate surface area is 149 Å². The number of esters is 1. The Kier molecular flexibility index (Phi) is 5.95. The number of benzene rings is 1. The summed E-state index contributed by atoms with van der Waals surface area (Å²) in [5.74, 6) is 0.232. The van der Waals surface area contributed by atoms with Crippen LogP contribution >= 0.6 is 0 Å². The molecule has 1 aromatic carbocycles. The van der Waals surface area contributed by atoms with Crippen LogP contribution in [0, 0.1) is 11.8 Å². The lowest BCUT2D eigenvalue weighted by Crippen LogP contribution is -2.42. The highest BCUT2D eigenvalue weighted by atomic mass is 16.5. The minimum atomic E-state index is -0.157. The fourth-order valence-corrected chi connectivity index (χ4v) is 3.78. The first-order chi connectivity index (χ1) is 12.2. The number of hydrogen-bond acceptors (Lipinski definition) is 4. The van der Waals surface area contributed by atoms with Crippen molar-refractivity contribution in [2.75, 3.05) is 37.7 Å². The molecule has 0 aliphatic carbocycles. The molecular weight excluding hydrogens is 316 g/mol. The van der Waals surface area contributed by atoms with Crippen molar-refractivity contribution in [3.05, 3.63) is 30.3 Å². The number of para-hydroxylation sites is 1. The van der Waals surface area contributed by atoms with E-state index in [0.29, 0.717) is 25.5 Å². The zero-order valence-corrected chi connectivity index (χ0v) is 15.0. The Morgan fingerprint density at radius 1 is 1.12 bits per heavy atom. The molecule has 5 heteroatoms. The normalized spacial score (nSPS) is 23.6. The highest BCUT2D eigenvalue weighted by molar-refractivity contribution is 5.78. The Morgan fingerprint density at radius 3 is 2.68 bits per heavy atom. The van der Waals surface area contributed by atoms with Gasteiger partial charge in [0.05, 0.1) is 12.5 Å². The van der Waals surface area contributed by atoms with Crippen molar-refractivity contribution in [1.82, 2.24) is 4.90 Å². The van der Waals surface area contributed by atoms with Gasteiger partial charge in [0.2, 0.25) is 5.91 Å². The third kappa shape index (κ3) is 4.53. The number of carbonyl (C=O) groups is 2. The predicted octanol–water partition coefficient (Wildman–Crippen LogP) is 2.70. The van der Waals surface area contributed by atoms with E-state index in [2.05, 4.69) is 29.2 Å². The lowest BCUT2D eigenvalue weighted by atomic mass is 9.98. The first-order valence-corrected chi connectivity index (χ1v) is 9.41. The summed E-state index contributed by atoms with van der Waals surface area (Å²) in [5.41, 5.74) is 1.23. The quantitative estimate of drug-likeness (QED) is 0.771. The smallest absolute Gasteiger partial charge is 0.310 e. The Morgan fingerprint density at radius 2 is 1.92 bits per heavy atom. The molecule has 2 atom stereocenters. The second-order valence-corrected chi connectivity index (χ2v) is 7.10. The molecule has 0 bridgehead atoms. The van der Waals surface area contributed by atoms with Gasteiger partial charge < -0.3 is 14.5 Å². The van der Waals surface area contributed by atoms with Gasteiger partial charge >= 0.3 is 5.97 Å². The van der Waals surface area contributed by atoms with Crippen LogP contribution in [0.2, 0.25) is 0 Å². The van der Waals surface area contributed by atoms with Crippen LogP contribution in [0.5, 0.6) is 0 Å². The van der Waals surface area contributed by atoms with Gasteiger partial charge in [-0.3, -0.25) is 9.59 Å². The average Bonchev–Trinajstić information content (AvgIpc) is 3.15. The fraction of sp³-hybridized carbons (Fsp3) is 0.600. The van der Waals surface area contributed by atoms with Gasteiger partial charge in [0.15, 0.2) is 0 Å². The van der Waals surface area contributed by atoms with Crippen LogP contribution in [0.4, 0.5) is 5.69 Å². The molecule has 0 radical (unpaired) electrons. The van der Waals surface area contributed by atoms with Crippen molar-refractivity contribution in [2.24, 2.45) is 11.8 Å². The molecular formula is C20H28N2O3. The Hall–Kier alpha value is -2.04. The molecule has 0 N–H and O–H groups in total. The summed E-state index contributed by atoms with van der Waals surface area (Å²) in [6, 6.07) is 10.4. The maximum absolute atomic E-state index is 12.4. The minimum Gasteiger partial charge on any atom is -0.465 e. The minimum absolute atomic E-state index is 0.131. The fourth-order valence-electron chi connectivity index (χ4n) is 3.78. The van der Waals surface area contributed by atoms with Crippen molar-refractivity contribution in [3.63, 3.8) is 0 Å². The number of piperidine rings is 1. The lowest BCUT2D eigenvalue weighted by Gasteiger charge is -2.31. The largest absolute Gasteiger partial charge is 0.465 e. The summed E-state index contributed by atoms with van der Waals surface area (Å²) in [5, 5.41) is 0. The summed E-state index contributed by atoms with van der Waals surface area (Å²) in [7, 11) is 0. The molecule has 5 nitrogen and oxygen atoms in total. The van der Waals surface area contributed by atoms with Gasteiger partial charge in [0, 0.05) is 44.2 Å². The van der Waals surface area contributed by atoms with E-state index in [-0.39, 0.29) is 17.8 Å². The highest BCUT2D eigenvalue weighted by Gasteiger charge is 2.30. The molecule has 2 heterocycles. The molecule has 2 fully saturated rings. The SMILES string of the molecule is CCC(=O)N1CCCC(C(=O)OCC2CCN(c3ccccc3)C2)C1. The van der Waals surface area contributed by atoms with E-state index < -0.39 is 0 Å². The molecule has 0 aromatic heterocycles.